The normalized spacial score (nSPS) is 24.2. The highest BCUT2D eigenvalue weighted by Crippen LogP contribution is 2.64. The zero-order chi connectivity index (χ0) is 27.8. The van der Waals surface area contributed by atoms with E-state index in [9.17, 15) is 19.7 Å². The van der Waals surface area contributed by atoms with E-state index in [4.69, 9.17) is 4.99 Å². The van der Waals surface area contributed by atoms with Crippen LogP contribution in [-0.4, -0.2) is 23.0 Å². The molecule has 1 fully saturated rings. The van der Waals surface area contributed by atoms with Crippen LogP contribution in [-0.2, 0) is 15.0 Å². The number of nitro benzene ring substituents is 1. The fourth-order valence-electron chi connectivity index (χ4n) is 7.24. The Bertz CT molecular complexity index is 1740. The number of rotatable bonds is 4. The van der Waals surface area contributed by atoms with E-state index in [2.05, 4.69) is 0 Å². The average Bonchev–Trinajstić information content (AvgIpc) is 3.23. The maximum absolute atomic E-state index is 14.5. The van der Waals surface area contributed by atoms with E-state index in [1.807, 2.05) is 80.6 Å². The number of benzene rings is 4. The second-order valence-electron chi connectivity index (χ2n) is 10.8. The predicted octanol–water partition coefficient (Wildman–Crippen LogP) is 6.16. The number of hydrogen-bond acceptors (Lipinski definition) is 5. The van der Waals surface area contributed by atoms with Gasteiger partial charge in [0.1, 0.15) is 5.69 Å². The van der Waals surface area contributed by atoms with Crippen molar-refractivity contribution in [2.24, 2.45) is 16.8 Å². The molecule has 0 radical (unpaired) electrons. The molecule has 0 saturated carbocycles. The van der Waals surface area contributed by atoms with E-state index in [0.29, 0.717) is 5.69 Å². The first kappa shape index (κ1) is 24.2. The van der Waals surface area contributed by atoms with Crippen LogP contribution >= 0.6 is 0 Å². The highest BCUT2D eigenvalue weighted by Gasteiger charge is 2.68. The molecule has 196 valence electrons. The summed E-state index contributed by atoms with van der Waals surface area (Å²) in [4.78, 5) is 46.3. The summed E-state index contributed by atoms with van der Waals surface area (Å²) in [7, 11) is 0. The average molecular weight is 528 g/mol. The molecular formula is C33H25N3O4. The zero-order valence-electron chi connectivity index (χ0n) is 21.9. The van der Waals surface area contributed by atoms with Crippen molar-refractivity contribution in [1.29, 1.82) is 0 Å². The number of para-hydroxylation sites is 2. The summed E-state index contributed by atoms with van der Waals surface area (Å²) in [6.45, 7) is 3.89. The Morgan fingerprint density at radius 3 is 2.12 bits per heavy atom. The van der Waals surface area contributed by atoms with E-state index in [1.54, 1.807) is 24.4 Å². The lowest BCUT2D eigenvalue weighted by atomic mass is 9.47. The Labute approximate surface area is 231 Å². The summed E-state index contributed by atoms with van der Waals surface area (Å²) in [5, 5.41) is 11.8. The highest BCUT2D eigenvalue weighted by molar-refractivity contribution is 6.25. The molecule has 7 nitrogen and oxygen atoms in total. The summed E-state index contributed by atoms with van der Waals surface area (Å²) in [6, 6.07) is 27.8. The van der Waals surface area contributed by atoms with Crippen LogP contribution in [0.3, 0.4) is 0 Å². The van der Waals surface area contributed by atoms with Crippen molar-refractivity contribution < 1.29 is 14.5 Å². The molecule has 1 saturated heterocycles. The molecule has 7 heteroatoms. The standard InChI is InChI=1S/C33H25N3O4/c1-19-15-16-26(20(2)17-19)35-31(37)29-28-21-9-3-5-11-23(21)33(30(29)32(35)38,24-12-6-4-10-22(24)28)18-34-25-13-7-8-14-27(25)36(39)40/h3-18,28-30H,1-2H3/t28?,29-,30+,33?/m1/s1. The number of anilines is 1. The van der Waals surface area contributed by atoms with Crippen LogP contribution in [0.25, 0.3) is 0 Å². The summed E-state index contributed by atoms with van der Waals surface area (Å²) in [5.74, 6) is -2.16. The molecule has 2 atom stereocenters. The number of amides is 2. The maximum Gasteiger partial charge on any atom is 0.294 e. The Balaban J connectivity index is 1.51. The number of hydrogen-bond donors (Lipinski definition) is 0. The van der Waals surface area contributed by atoms with E-state index in [0.717, 1.165) is 33.4 Å². The van der Waals surface area contributed by atoms with Crippen LogP contribution in [0.4, 0.5) is 17.1 Å². The third-order valence-corrected chi connectivity index (χ3v) is 8.76. The number of carbonyl (C=O) groups is 2. The van der Waals surface area contributed by atoms with Gasteiger partial charge in [-0.1, -0.05) is 78.4 Å². The lowest BCUT2D eigenvalue weighted by molar-refractivity contribution is -0.384. The maximum atomic E-state index is 14.5. The van der Waals surface area contributed by atoms with Crippen molar-refractivity contribution in [2.45, 2.75) is 25.2 Å². The number of aryl methyl sites for hydroxylation is 2. The van der Waals surface area contributed by atoms with Gasteiger partial charge in [-0.25, -0.2) is 4.90 Å². The van der Waals surface area contributed by atoms with Crippen molar-refractivity contribution in [3.8, 4) is 0 Å². The van der Waals surface area contributed by atoms with E-state index >= 15 is 0 Å². The van der Waals surface area contributed by atoms with Crippen molar-refractivity contribution >= 4 is 35.1 Å². The first-order valence-electron chi connectivity index (χ1n) is 13.3. The lowest BCUT2D eigenvalue weighted by Crippen LogP contribution is -2.54. The predicted molar refractivity (Wildman–Crippen MR) is 152 cm³/mol. The molecule has 4 aromatic rings. The molecule has 0 unspecified atom stereocenters. The fraction of sp³-hybridized carbons (Fsp3) is 0.182. The minimum atomic E-state index is -1.09. The molecule has 4 aromatic carbocycles. The first-order valence-corrected chi connectivity index (χ1v) is 13.3. The monoisotopic (exact) mass is 527 g/mol. The topological polar surface area (TPSA) is 92.9 Å². The van der Waals surface area contributed by atoms with Gasteiger partial charge in [0.05, 0.1) is 27.9 Å². The fourth-order valence-corrected chi connectivity index (χ4v) is 7.24. The summed E-state index contributed by atoms with van der Waals surface area (Å²) >= 11 is 0. The van der Waals surface area contributed by atoms with Gasteiger partial charge < -0.3 is 0 Å². The van der Waals surface area contributed by atoms with Gasteiger partial charge in [-0.2, -0.15) is 0 Å². The molecule has 2 bridgehead atoms. The minimum absolute atomic E-state index is 0.122. The molecule has 1 aliphatic heterocycles. The third kappa shape index (κ3) is 3.09. The van der Waals surface area contributed by atoms with Gasteiger partial charge in [0.15, 0.2) is 0 Å². The lowest BCUT2D eigenvalue weighted by Gasteiger charge is -2.52. The SMILES string of the molecule is Cc1ccc(N2C(=O)[C@@H]3C4c5ccccc5C(C=Nc5ccccc5[N+](=O)[O-])(c5ccccc54)[C@@H]3C2=O)c(C)c1. The smallest absolute Gasteiger partial charge is 0.274 e. The van der Waals surface area contributed by atoms with Gasteiger partial charge in [-0.05, 0) is 53.8 Å². The van der Waals surface area contributed by atoms with Crippen LogP contribution < -0.4 is 4.90 Å². The largest absolute Gasteiger partial charge is 0.294 e. The molecule has 0 aromatic heterocycles. The number of imide groups is 1. The second kappa shape index (κ2) is 8.55. The Hall–Kier alpha value is -4.91. The van der Waals surface area contributed by atoms with Gasteiger partial charge in [-0.3, -0.25) is 24.7 Å². The van der Waals surface area contributed by atoms with E-state index < -0.39 is 22.2 Å². The number of carbonyl (C=O) groups excluding carboxylic acids is 2. The molecule has 2 amide bonds. The minimum Gasteiger partial charge on any atom is -0.274 e. The van der Waals surface area contributed by atoms with Gasteiger partial charge in [0.25, 0.3) is 5.69 Å². The van der Waals surface area contributed by atoms with Gasteiger partial charge in [0, 0.05) is 18.2 Å². The number of nitrogens with zero attached hydrogens (tertiary/aromatic N) is 3. The van der Waals surface area contributed by atoms with Gasteiger partial charge >= 0.3 is 0 Å². The summed E-state index contributed by atoms with van der Waals surface area (Å²) in [6.07, 6.45) is 1.69. The molecule has 0 N–H and O–H groups in total. The van der Waals surface area contributed by atoms with Crippen LogP contribution in [0.5, 0.6) is 0 Å². The summed E-state index contributed by atoms with van der Waals surface area (Å²) < 4.78 is 0. The van der Waals surface area contributed by atoms with Crippen LogP contribution in [0.2, 0.25) is 0 Å². The highest BCUT2D eigenvalue weighted by atomic mass is 16.6. The van der Waals surface area contributed by atoms with Crippen molar-refractivity contribution in [1.82, 2.24) is 0 Å². The Morgan fingerprint density at radius 2 is 1.48 bits per heavy atom. The zero-order valence-corrected chi connectivity index (χ0v) is 21.9. The van der Waals surface area contributed by atoms with Crippen LogP contribution in [0, 0.1) is 35.8 Å². The van der Waals surface area contributed by atoms with Crippen molar-refractivity contribution in [3.05, 3.63) is 134 Å². The number of aliphatic imine (C=N–C) groups is 1. The number of nitro groups is 1. The van der Waals surface area contributed by atoms with E-state index in [1.165, 1.54) is 11.0 Å². The van der Waals surface area contributed by atoms with Gasteiger partial charge in [0.2, 0.25) is 11.8 Å². The molecule has 40 heavy (non-hydrogen) atoms. The quantitative estimate of drug-likeness (QED) is 0.137. The van der Waals surface area contributed by atoms with Crippen molar-refractivity contribution in [2.75, 3.05) is 4.90 Å². The molecule has 3 aliphatic carbocycles. The van der Waals surface area contributed by atoms with Crippen molar-refractivity contribution in [3.63, 3.8) is 0 Å². The molecule has 1 heterocycles. The molecule has 8 rings (SSSR count). The molecular weight excluding hydrogens is 502 g/mol. The van der Waals surface area contributed by atoms with Gasteiger partial charge in [-0.15, -0.1) is 0 Å². The summed E-state index contributed by atoms with van der Waals surface area (Å²) in [5.41, 5.74) is 5.27. The second-order valence-corrected chi connectivity index (χ2v) is 10.8. The van der Waals surface area contributed by atoms with E-state index in [-0.39, 0.29) is 29.1 Å². The third-order valence-electron chi connectivity index (χ3n) is 8.76. The van der Waals surface area contributed by atoms with Crippen LogP contribution in [0.1, 0.15) is 39.3 Å². The Morgan fingerprint density at radius 1 is 0.850 bits per heavy atom. The molecule has 4 aliphatic rings. The Kier molecular flexibility index (Phi) is 5.16. The first-order chi connectivity index (χ1) is 19.3. The van der Waals surface area contributed by atoms with Crippen LogP contribution in [0.15, 0.2) is 96.0 Å². The molecule has 0 spiro atoms.